The molecule has 8 nitrogen and oxygen atoms in total. The fourth-order valence-electron chi connectivity index (χ4n) is 2.04. The molecule has 1 unspecified atom stereocenters. The van der Waals surface area contributed by atoms with Gasteiger partial charge in [0.15, 0.2) is 6.23 Å². The van der Waals surface area contributed by atoms with Gasteiger partial charge in [-0.3, -0.25) is 9.59 Å². The van der Waals surface area contributed by atoms with Gasteiger partial charge in [0.2, 0.25) is 0 Å². The van der Waals surface area contributed by atoms with E-state index < -0.39 is 18.3 Å². The number of aliphatic hydroxyl groups excluding tert-OH is 1. The van der Waals surface area contributed by atoms with Crippen molar-refractivity contribution in [3.05, 3.63) is 29.8 Å². The third-order valence-electron chi connectivity index (χ3n) is 3.11. The molecule has 0 aliphatic carbocycles. The van der Waals surface area contributed by atoms with Crippen LogP contribution in [0.25, 0.3) is 0 Å². The van der Waals surface area contributed by atoms with Gasteiger partial charge in [-0.1, -0.05) is 0 Å². The van der Waals surface area contributed by atoms with Gasteiger partial charge in [-0.2, -0.15) is 0 Å². The number of hydrogen-bond donors (Lipinski definition) is 2. The first-order chi connectivity index (χ1) is 11.2. The lowest BCUT2D eigenvalue weighted by molar-refractivity contribution is -0.195. The monoisotopic (exact) mass is 336 g/mol. The minimum atomic E-state index is -1.16. The van der Waals surface area contributed by atoms with Gasteiger partial charge < -0.3 is 20.0 Å². The Labute approximate surface area is 139 Å². The number of carbonyl (C=O) groups is 3. The van der Waals surface area contributed by atoms with E-state index in [4.69, 9.17) is 4.74 Å². The average molecular weight is 336 g/mol. The summed E-state index contributed by atoms with van der Waals surface area (Å²) < 4.78 is 4.91. The van der Waals surface area contributed by atoms with E-state index in [1.807, 2.05) is 20.8 Å². The highest BCUT2D eigenvalue weighted by molar-refractivity contribution is 5.94. The minimum Gasteiger partial charge on any atom is -0.393 e. The standard InChI is InChI=1S/C16H20N2O6/c1-16(2,3)17-14(21)10-4-6-11(7-5-10)23-15(22)24-18-12(19)8-9-13(18)20/h4-7,12,19H,8-9H2,1-3H3,(H,17,21). The van der Waals surface area contributed by atoms with Crippen LogP contribution in [0.2, 0.25) is 0 Å². The van der Waals surface area contributed by atoms with Crippen molar-refractivity contribution in [1.29, 1.82) is 0 Å². The van der Waals surface area contributed by atoms with E-state index in [9.17, 15) is 19.5 Å². The zero-order chi connectivity index (χ0) is 17.9. The number of nitrogens with zero attached hydrogens (tertiary/aromatic N) is 1. The van der Waals surface area contributed by atoms with Crippen molar-refractivity contribution in [3.8, 4) is 5.75 Å². The summed E-state index contributed by atoms with van der Waals surface area (Å²) in [6.07, 6.45) is -2.00. The molecule has 24 heavy (non-hydrogen) atoms. The minimum absolute atomic E-state index is 0.103. The second kappa shape index (κ2) is 6.88. The molecule has 8 heteroatoms. The van der Waals surface area contributed by atoms with Gasteiger partial charge in [-0.15, -0.1) is 5.06 Å². The van der Waals surface area contributed by atoms with E-state index in [0.29, 0.717) is 10.6 Å². The number of hydroxylamine groups is 2. The summed E-state index contributed by atoms with van der Waals surface area (Å²) in [7, 11) is 0. The fourth-order valence-corrected chi connectivity index (χ4v) is 2.04. The molecule has 130 valence electrons. The summed E-state index contributed by atoms with van der Waals surface area (Å²) in [6, 6.07) is 5.86. The highest BCUT2D eigenvalue weighted by atomic mass is 16.8. The van der Waals surface area contributed by atoms with Crippen LogP contribution in [0.3, 0.4) is 0 Å². The average Bonchev–Trinajstić information content (AvgIpc) is 2.78. The van der Waals surface area contributed by atoms with Crippen LogP contribution in [0.4, 0.5) is 4.79 Å². The highest BCUT2D eigenvalue weighted by Gasteiger charge is 2.33. The Hall–Kier alpha value is -2.61. The Morgan fingerprint density at radius 2 is 1.88 bits per heavy atom. The summed E-state index contributed by atoms with van der Waals surface area (Å²) in [5.41, 5.74) is 0.0508. The summed E-state index contributed by atoms with van der Waals surface area (Å²) >= 11 is 0. The first kappa shape index (κ1) is 17.7. The zero-order valence-electron chi connectivity index (χ0n) is 13.7. The molecule has 1 atom stereocenters. The maximum atomic E-state index is 12.0. The fraction of sp³-hybridized carbons (Fsp3) is 0.438. The van der Waals surface area contributed by atoms with Gasteiger partial charge in [0, 0.05) is 23.9 Å². The molecule has 1 saturated heterocycles. The van der Waals surface area contributed by atoms with Gasteiger partial charge in [0.25, 0.3) is 11.8 Å². The van der Waals surface area contributed by atoms with Crippen LogP contribution >= 0.6 is 0 Å². The highest BCUT2D eigenvalue weighted by Crippen LogP contribution is 2.18. The van der Waals surface area contributed by atoms with E-state index in [0.717, 1.165) is 0 Å². The quantitative estimate of drug-likeness (QED) is 0.641. The summed E-state index contributed by atoms with van der Waals surface area (Å²) in [4.78, 5) is 39.7. The molecule has 0 saturated carbocycles. The molecule has 1 fully saturated rings. The summed E-state index contributed by atoms with van der Waals surface area (Å²) in [5, 5.41) is 12.9. The van der Waals surface area contributed by atoms with Crippen molar-refractivity contribution in [2.24, 2.45) is 0 Å². The number of hydrogen-bond acceptors (Lipinski definition) is 6. The van der Waals surface area contributed by atoms with Crippen molar-refractivity contribution in [2.45, 2.75) is 45.4 Å². The Kier molecular flexibility index (Phi) is 5.08. The second-order valence-corrected chi connectivity index (χ2v) is 6.41. The molecular weight excluding hydrogens is 316 g/mol. The molecule has 1 aromatic carbocycles. The third-order valence-corrected chi connectivity index (χ3v) is 3.11. The molecule has 1 aliphatic heterocycles. The van der Waals surface area contributed by atoms with Crippen molar-refractivity contribution in [3.63, 3.8) is 0 Å². The van der Waals surface area contributed by atoms with Gasteiger partial charge in [0.05, 0.1) is 0 Å². The van der Waals surface area contributed by atoms with Crippen LogP contribution in [0.1, 0.15) is 44.0 Å². The number of amides is 2. The molecule has 0 spiro atoms. The van der Waals surface area contributed by atoms with Gasteiger partial charge in [0.1, 0.15) is 5.75 Å². The molecule has 1 aromatic rings. The van der Waals surface area contributed by atoms with E-state index in [-0.39, 0.29) is 30.0 Å². The number of ether oxygens (including phenoxy) is 1. The molecule has 0 aromatic heterocycles. The van der Waals surface area contributed by atoms with Crippen molar-refractivity contribution >= 4 is 18.0 Å². The van der Waals surface area contributed by atoms with Crippen molar-refractivity contribution in [1.82, 2.24) is 10.4 Å². The maximum Gasteiger partial charge on any atom is 0.539 e. The molecular formula is C16H20N2O6. The summed E-state index contributed by atoms with van der Waals surface area (Å²) in [6.45, 7) is 5.60. The molecule has 2 amide bonds. The first-order valence-electron chi connectivity index (χ1n) is 7.48. The molecule has 1 heterocycles. The van der Waals surface area contributed by atoms with Gasteiger partial charge in [-0.05, 0) is 45.0 Å². The van der Waals surface area contributed by atoms with Crippen LogP contribution in [0, 0.1) is 0 Å². The molecule has 1 aliphatic rings. The Bertz CT molecular complexity index is 635. The van der Waals surface area contributed by atoms with E-state index in [1.165, 1.54) is 24.3 Å². The summed E-state index contributed by atoms with van der Waals surface area (Å²) in [5.74, 6) is -0.593. The van der Waals surface area contributed by atoms with Crippen LogP contribution < -0.4 is 10.1 Å². The molecule has 2 N–H and O–H groups in total. The van der Waals surface area contributed by atoms with Crippen LogP contribution in [-0.4, -0.2) is 39.9 Å². The molecule has 0 bridgehead atoms. The topological polar surface area (TPSA) is 105 Å². The van der Waals surface area contributed by atoms with Crippen LogP contribution in [0.5, 0.6) is 5.75 Å². The number of aliphatic hydroxyl groups is 1. The van der Waals surface area contributed by atoms with Crippen molar-refractivity contribution in [2.75, 3.05) is 0 Å². The van der Waals surface area contributed by atoms with Crippen LogP contribution in [0.15, 0.2) is 24.3 Å². The third kappa shape index (κ3) is 4.69. The Morgan fingerprint density at radius 3 is 2.38 bits per heavy atom. The zero-order valence-corrected chi connectivity index (χ0v) is 13.7. The normalized spacial score (nSPS) is 17.6. The number of benzene rings is 1. The lowest BCUT2D eigenvalue weighted by Gasteiger charge is -2.20. The Morgan fingerprint density at radius 1 is 1.25 bits per heavy atom. The van der Waals surface area contributed by atoms with Gasteiger partial charge in [-0.25, -0.2) is 4.79 Å². The SMILES string of the molecule is CC(C)(C)NC(=O)c1ccc(OC(=O)ON2C(=O)CCC2O)cc1. The predicted octanol–water partition coefficient (Wildman–Crippen LogP) is 1.59. The molecule has 0 radical (unpaired) electrons. The molecule has 2 rings (SSSR count). The largest absolute Gasteiger partial charge is 0.539 e. The second-order valence-electron chi connectivity index (χ2n) is 6.41. The lowest BCUT2D eigenvalue weighted by atomic mass is 10.1. The maximum absolute atomic E-state index is 12.0. The predicted molar refractivity (Wildman–Crippen MR) is 82.9 cm³/mol. The van der Waals surface area contributed by atoms with Crippen LogP contribution in [-0.2, 0) is 9.63 Å². The number of nitrogens with one attached hydrogen (secondary N) is 1. The van der Waals surface area contributed by atoms with E-state index >= 15 is 0 Å². The lowest BCUT2D eigenvalue weighted by Crippen LogP contribution is -2.40. The Balaban J connectivity index is 1.93. The number of carbonyl (C=O) groups excluding carboxylic acids is 3. The number of rotatable bonds is 3. The van der Waals surface area contributed by atoms with Gasteiger partial charge >= 0.3 is 6.16 Å². The van der Waals surface area contributed by atoms with E-state index in [1.54, 1.807) is 0 Å². The first-order valence-corrected chi connectivity index (χ1v) is 7.48. The van der Waals surface area contributed by atoms with Crippen molar-refractivity contribution < 1.29 is 29.1 Å². The smallest absolute Gasteiger partial charge is 0.393 e. The van der Waals surface area contributed by atoms with E-state index in [2.05, 4.69) is 10.2 Å².